The Morgan fingerprint density at radius 2 is 1.61 bits per heavy atom. The third-order valence-electron chi connectivity index (χ3n) is 4.28. The summed E-state index contributed by atoms with van der Waals surface area (Å²) in [4.78, 5) is 14.2. The number of amides is 1. The van der Waals surface area contributed by atoms with Crippen molar-refractivity contribution in [3.8, 4) is 6.07 Å². The average Bonchev–Trinajstić information content (AvgIpc) is 2.75. The molecule has 156 valence electrons. The van der Waals surface area contributed by atoms with E-state index in [4.69, 9.17) is 5.73 Å². The van der Waals surface area contributed by atoms with Gasteiger partial charge in [0.05, 0.1) is 5.56 Å². The lowest BCUT2D eigenvalue weighted by atomic mass is 10.1. The Balaban J connectivity index is 1.94. The van der Waals surface area contributed by atoms with Gasteiger partial charge in [-0.2, -0.15) is 18.4 Å². The third kappa shape index (κ3) is 5.42. The highest BCUT2D eigenvalue weighted by atomic mass is 19.4. The number of halogens is 3. The topological polar surface area (TPSA) is 82.2 Å². The van der Waals surface area contributed by atoms with Crippen LogP contribution in [0.2, 0.25) is 0 Å². The molecule has 0 heterocycles. The molecule has 0 saturated heterocycles. The van der Waals surface area contributed by atoms with Gasteiger partial charge >= 0.3 is 6.18 Å². The summed E-state index contributed by atoms with van der Waals surface area (Å²) in [6.07, 6.45) is -3.22. The molecule has 0 saturated carbocycles. The molecule has 0 bridgehead atoms. The summed E-state index contributed by atoms with van der Waals surface area (Å²) in [6.45, 7) is 0. The smallest absolute Gasteiger partial charge is 0.399 e. The van der Waals surface area contributed by atoms with Crippen molar-refractivity contribution in [2.24, 2.45) is 0 Å². The zero-order valence-electron chi connectivity index (χ0n) is 16.1. The van der Waals surface area contributed by atoms with E-state index in [1.807, 2.05) is 12.1 Å². The predicted molar refractivity (Wildman–Crippen MR) is 113 cm³/mol. The fraction of sp³-hybridized carbons (Fsp3) is 0.0435. The summed E-state index contributed by atoms with van der Waals surface area (Å²) in [7, 11) is 0. The first-order valence-electron chi connectivity index (χ1n) is 9.08. The average molecular weight is 422 g/mol. The molecule has 1 amide bonds. The van der Waals surface area contributed by atoms with Crippen LogP contribution in [0, 0.1) is 11.3 Å². The van der Waals surface area contributed by atoms with E-state index in [2.05, 4.69) is 5.32 Å². The molecular formula is C23H17F3N4O. The number of alkyl halides is 3. The molecule has 8 heteroatoms. The number of nitriles is 1. The molecule has 0 atom stereocenters. The van der Waals surface area contributed by atoms with Crippen LogP contribution in [0.5, 0.6) is 0 Å². The molecule has 3 aromatic rings. The van der Waals surface area contributed by atoms with Crippen molar-refractivity contribution in [2.75, 3.05) is 16.0 Å². The van der Waals surface area contributed by atoms with Crippen LogP contribution in [0.25, 0.3) is 0 Å². The maximum Gasteiger partial charge on any atom is 0.416 e. The summed E-state index contributed by atoms with van der Waals surface area (Å²) < 4.78 is 38.7. The molecule has 0 aromatic heterocycles. The molecule has 0 aliphatic carbocycles. The van der Waals surface area contributed by atoms with E-state index in [0.717, 1.165) is 12.1 Å². The van der Waals surface area contributed by atoms with Gasteiger partial charge < -0.3 is 16.0 Å². The number of para-hydroxylation sites is 1. The zero-order valence-corrected chi connectivity index (χ0v) is 16.1. The monoisotopic (exact) mass is 422 g/mol. The number of nitrogens with one attached hydrogen (secondary N) is 1. The number of hydrogen-bond acceptors (Lipinski definition) is 4. The van der Waals surface area contributed by atoms with Crippen LogP contribution in [0.15, 0.2) is 90.6 Å². The van der Waals surface area contributed by atoms with Gasteiger partial charge in [-0.3, -0.25) is 4.79 Å². The molecular weight excluding hydrogens is 405 g/mol. The first kappa shape index (κ1) is 21.5. The summed E-state index contributed by atoms with van der Waals surface area (Å²) in [5.74, 6) is -0.835. The minimum atomic E-state index is -4.55. The van der Waals surface area contributed by atoms with E-state index >= 15 is 0 Å². The van der Waals surface area contributed by atoms with Gasteiger partial charge in [-0.15, -0.1) is 0 Å². The fourth-order valence-electron chi connectivity index (χ4n) is 2.76. The van der Waals surface area contributed by atoms with Crippen molar-refractivity contribution in [1.29, 1.82) is 5.26 Å². The van der Waals surface area contributed by atoms with Gasteiger partial charge in [0.1, 0.15) is 11.6 Å². The number of anilines is 4. The third-order valence-corrected chi connectivity index (χ3v) is 4.28. The predicted octanol–water partition coefficient (Wildman–Crippen LogP) is 5.47. The Bertz CT molecular complexity index is 1130. The van der Waals surface area contributed by atoms with E-state index in [1.54, 1.807) is 53.4 Å². The number of nitrogens with two attached hydrogens (primary N) is 1. The maximum absolute atomic E-state index is 12.9. The van der Waals surface area contributed by atoms with Crippen molar-refractivity contribution in [2.45, 2.75) is 6.18 Å². The van der Waals surface area contributed by atoms with E-state index in [-0.39, 0.29) is 11.3 Å². The largest absolute Gasteiger partial charge is 0.416 e. The Kier molecular flexibility index (Phi) is 6.26. The molecule has 0 unspecified atom stereocenters. The molecule has 0 aliphatic rings. The lowest BCUT2D eigenvalue weighted by molar-refractivity contribution is -0.137. The molecule has 0 spiro atoms. The zero-order chi connectivity index (χ0) is 22.4. The van der Waals surface area contributed by atoms with Crippen LogP contribution in [0.3, 0.4) is 0 Å². The number of carbonyl (C=O) groups is 1. The molecule has 3 aromatic carbocycles. The fourth-order valence-corrected chi connectivity index (χ4v) is 2.76. The summed E-state index contributed by atoms with van der Waals surface area (Å²) in [5, 5.41) is 11.9. The van der Waals surface area contributed by atoms with Gasteiger partial charge in [-0.25, -0.2) is 0 Å². The Morgan fingerprint density at radius 3 is 2.23 bits per heavy atom. The second-order valence-corrected chi connectivity index (χ2v) is 6.48. The van der Waals surface area contributed by atoms with Gasteiger partial charge in [0.15, 0.2) is 0 Å². The van der Waals surface area contributed by atoms with Crippen molar-refractivity contribution in [1.82, 2.24) is 0 Å². The van der Waals surface area contributed by atoms with E-state index in [1.165, 1.54) is 18.3 Å². The molecule has 0 radical (unpaired) electrons. The van der Waals surface area contributed by atoms with E-state index in [0.29, 0.717) is 17.1 Å². The van der Waals surface area contributed by atoms with Gasteiger partial charge in [0.25, 0.3) is 5.91 Å². The molecule has 31 heavy (non-hydrogen) atoms. The molecule has 3 rings (SSSR count). The van der Waals surface area contributed by atoms with Gasteiger partial charge in [0.2, 0.25) is 0 Å². The van der Waals surface area contributed by atoms with Gasteiger partial charge in [0, 0.05) is 28.9 Å². The Morgan fingerprint density at radius 1 is 0.968 bits per heavy atom. The summed E-state index contributed by atoms with van der Waals surface area (Å²) in [6, 6.07) is 21.8. The SMILES string of the molecule is N#C/C(=C/N(c1ccccc1)c1ccc(N)cc1)C(=O)Nc1cccc(C(F)(F)F)c1. The minimum absolute atomic E-state index is 0.0697. The highest BCUT2D eigenvalue weighted by molar-refractivity contribution is 6.07. The van der Waals surface area contributed by atoms with Crippen LogP contribution in [-0.2, 0) is 11.0 Å². The first-order valence-corrected chi connectivity index (χ1v) is 9.08. The number of nitrogen functional groups attached to an aromatic ring is 1. The number of nitrogens with zero attached hydrogens (tertiary/aromatic N) is 2. The van der Waals surface area contributed by atoms with Crippen LogP contribution < -0.4 is 16.0 Å². The standard InChI is InChI=1S/C23H17F3N4O/c24-23(25,26)17-5-4-6-19(13-17)29-22(31)16(14-27)15-30(20-7-2-1-3-8-20)21-11-9-18(28)10-12-21/h1-13,15H,28H2,(H,29,31)/b16-15-. The lowest BCUT2D eigenvalue weighted by Gasteiger charge is -2.21. The molecule has 5 nitrogen and oxygen atoms in total. The Labute approximate surface area is 176 Å². The van der Waals surface area contributed by atoms with Crippen molar-refractivity contribution < 1.29 is 18.0 Å². The number of carbonyl (C=O) groups excluding carboxylic acids is 1. The number of rotatable bonds is 5. The molecule has 0 aliphatic heterocycles. The summed E-state index contributed by atoms with van der Waals surface area (Å²) >= 11 is 0. The van der Waals surface area contributed by atoms with E-state index < -0.39 is 17.6 Å². The highest BCUT2D eigenvalue weighted by Gasteiger charge is 2.30. The van der Waals surface area contributed by atoms with Crippen LogP contribution in [-0.4, -0.2) is 5.91 Å². The number of benzene rings is 3. The van der Waals surface area contributed by atoms with Crippen molar-refractivity contribution in [3.63, 3.8) is 0 Å². The maximum atomic E-state index is 12.9. The lowest BCUT2D eigenvalue weighted by Crippen LogP contribution is -2.18. The first-order chi connectivity index (χ1) is 14.8. The second-order valence-electron chi connectivity index (χ2n) is 6.48. The number of hydrogen-bond donors (Lipinski definition) is 2. The van der Waals surface area contributed by atoms with Crippen LogP contribution in [0.1, 0.15) is 5.56 Å². The quantitative estimate of drug-likeness (QED) is 0.324. The van der Waals surface area contributed by atoms with E-state index in [9.17, 15) is 23.2 Å². The Hall–Kier alpha value is -4.25. The normalized spacial score (nSPS) is 11.5. The van der Waals surface area contributed by atoms with Crippen molar-refractivity contribution in [3.05, 3.63) is 96.2 Å². The molecule has 0 fully saturated rings. The van der Waals surface area contributed by atoms with Gasteiger partial charge in [-0.1, -0.05) is 24.3 Å². The van der Waals surface area contributed by atoms with Crippen LogP contribution in [0.4, 0.5) is 35.9 Å². The summed E-state index contributed by atoms with van der Waals surface area (Å²) in [5.41, 5.74) is 6.33. The second kappa shape index (κ2) is 9.05. The minimum Gasteiger partial charge on any atom is -0.399 e. The van der Waals surface area contributed by atoms with Crippen molar-refractivity contribution >= 4 is 28.7 Å². The van der Waals surface area contributed by atoms with Crippen LogP contribution >= 0.6 is 0 Å². The highest BCUT2D eigenvalue weighted by Crippen LogP contribution is 2.31. The van der Waals surface area contributed by atoms with Gasteiger partial charge in [-0.05, 0) is 54.6 Å². The molecule has 3 N–H and O–H groups in total.